The monoisotopic (exact) mass is 348 g/mol. The Bertz CT molecular complexity index is 764. The second-order valence-corrected chi connectivity index (χ2v) is 6.51. The molecule has 1 saturated heterocycles. The number of nitrogens with zero attached hydrogens (tertiary/aromatic N) is 2. The number of aryl methyl sites for hydroxylation is 2. The van der Waals surface area contributed by atoms with Crippen LogP contribution in [0.3, 0.4) is 0 Å². The molecule has 1 aromatic carbocycles. The Balaban J connectivity index is 1.85. The van der Waals surface area contributed by atoms with E-state index in [0.29, 0.717) is 6.54 Å². The second kappa shape index (κ2) is 6.50. The van der Waals surface area contributed by atoms with E-state index in [0.717, 1.165) is 41.8 Å². The van der Waals surface area contributed by atoms with Gasteiger partial charge in [0.25, 0.3) is 5.91 Å². The van der Waals surface area contributed by atoms with Crippen LogP contribution in [0.15, 0.2) is 36.5 Å². The van der Waals surface area contributed by atoms with Gasteiger partial charge in [0.1, 0.15) is 5.69 Å². The van der Waals surface area contributed by atoms with Gasteiger partial charge in [-0.25, -0.2) is 0 Å². The van der Waals surface area contributed by atoms with Gasteiger partial charge < -0.3 is 4.90 Å². The number of amides is 1. The zero-order valence-electron chi connectivity index (χ0n) is 14.1. The first-order valence-electron chi connectivity index (χ1n) is 8.18. The molecule has 0 N–H and O–H groups in total. The molecule has 1 atom stereocenters. The summed E-state index contributed by atoms with van der Waals surface area (Å²) in [5.74, 6) is -0.275. The Morgan fingerprint density at radius 3 is 2.40 bits per heavy atom. The van der Waals surface area contributed by atoms with Crippen LogP contribution >= 0.6 is 0 Å². The van der Waals surface area contributed by atoms with Crippen LogP contribution in [0.2, 0.25) is 0 Å². The summed E-state index contributed by atoms with van der Waals surface area (Å²) >= 11 is 0. The molecular weight excluding hydrogens is 329 g/mol. The van der Waals surface area contributed by atoms with E-state index in [4.69, 9.17) is 0 Å². The average molecular weight is 348 g/mol. The zero-order chi connectivity index (χ0) is 18.2. The number of aromatic nitrogens is 1. The quantitative estimate of drug-likeness (QED) is 0.788. The van der Waals surface area contributed by atoms with Crippen molar-refractivity contribution in [2.24, 2.45) is 0 Å². The van der Waals surface area contributed by atoms with Gasteiger partial charge in [-0.05, 0) is 44.4 Å². The summed E-state index contributed by atoms with van der Waals surface area (Å²) < 4.78 is 37.9. The Kier molecular flexibility index (Phi) is 4.54. The summed E-state index contributed by atoms with van der Waals surface area (Å²) in [4.78, 5) is 17.9. The van der Waals surface area contributed by atoms with Gasteiger partial charge >= 0.3 is 6.18 Å². The maximum absolute atomic E-state index is 12.8. The molecule has 0 radical (unpaired) electrons. The summed E-state index contributed by atoms with van der Waals surface area (Å²) in [6.45, 7) is 4.62. The van der Waals surface area contributed by atoms with Crippen LogP contribution in [0.5, 0.6) is 0 Å². The van der Waals surface area contributed by atoms with Crippen LogP contribution in [0, 0.1) is 13.8 Å². The highest BCUT2D eigenvalue weighted by atomic mass is 19.4. The molecule has 0 aliphatic carbocycles. The van der Waals surface area contributed by atoms with Crippen LogP contribution < -0.4 is 0 Å². The molecule has 0 saturated carbocycles. The van der Waals surface area contributed by atoms with Crippen molar-refractivity contribution >= 4 is 5.91 Å². The number of carbonyl (C=O) groups excluding carboxylic acids is 1. The summed E-state index contributed by atoms with van der Waals surface area (Å²) in [5.41, 5.74) is 2.53. The van der Waals surface area contributed by atoms with Crippen molar-refractivity contribution in [1.29, 1.82) is 0 Å². The number of rotatable bonds is 2. The summed E-state index contributed by atoms with van der Waals surface area (Å²) in [7, 11) is 0. The molecule has 1 aliphatic rings. The van der Waals surface area contributed by atoms with Gasteiger partial charge in [-0.3, -0.25) is 9.78 Å². The van der Waals surface area contributed by atoms with Gasteiger partial charge in [0.2, 0.25) is 0 Å². The standard InChI is InChI=1S/C19H19F3N2O/c1-12-8-13(2)10-15(9-12)16-4-3-7-24(16)18(25)14-5-6-17(23-11-14)19(20,21)22/h5-6,8-11,16H,3-4,7H2,1-2H3. The lowest BCUT2D eigenvalue weighted by Crippen LogP contribution is -2.30. The highest BCUT2D eigenvalue weighted by molar-refractivity contribution is 5.94. The third kappa shape index (κ3) is 3.67. The van der Waals surface area contributed by atoms with E-state index in [1.165, 1.54) is 6.07 Å². The number of carbonyl (C=O) groups is 1. The van der Waals surface area contributed by atoms with Gasteiger partial charge in [-0.1, -0.05) is 29.3 Å². The minimum Gasteiger partial charge on any atom is -0.332 e. The molecule has 1 amide bonds. The molecule has 25 heavy (non-hydrogen) atoms. The van der Waals surface area contributed by atoms with Gasteiger partial charge in [-0.2, -0.15) is 13.2 Å². The average Bonchev–Trinajstić information content (AvgIpc) is 3.02. The Hall–Kier alpha value is -2.37. The molecule has 0 bridgehead atoms. The molecule has 3 rings (SSSR count). The number of hydrogen-bond acceptors (Lipinski definition) is 2. The predicted octanol–water partition coefficient (Wildman–Crippen LogP) is 4.69. The third-order valence-corrected chi connectivity index (χ3v) is 4.44. The molecule has 1 fully saturated rings. The van der Waals surface area contributed by atoms with Gasteiger partial charge in [0, 0.05) is 12.7 Å². The van der Waals surface area contributed by atoms with E-state index in [9.17, 15) is 18.0 Å². The summed E-state index contributed by atoms with van der Waals surface area (Å²) in [5, 5.41) is 0. The normalized spacial score (nSPS) is 17.8. The number of halogens is 3. The minimum absolute atomic E-state index is 0.0478. The highest BCUT2D eigenvalue weighted by Crippen LogP contribution is 2.34. The molecule has 132 valence electrons. The fourth-order valence-corrected chi connectivity index (χ4v) is 3.41. The van der Waals surface area contributed by atoms with Gasteiger partial charge in [-0.15, -0.1) is 0 Å². The van der Waals surface area contributed by atoms with Crippen LogP contribution in [0.25, 0.3) is 0 Å². The molecule has 6 heteroatoms. The molecular formula is C19H19F3N2O. The molecule has 1 aromatic heterocycles. The van der Waals surface area contributed by atoms with Crippen molar-refractivity contribution in [3.63, 3.8) is 0 Å². The zero-order valence-corrected chi connectivity index (χ0v) is 14.1. The van der Waals surface area contributed by atoms with Crippen molar-refractivity contribution in [2.45, 2.75) is 38.9 Å². The lowest BCUT2D eigenvalue weighted by Gasteiger charge is -2.26. The van der Waals surface area contributed by atoms with Crippen molar-refractivity contribution in [3.05, 3.63) is 64.5 Å². The van der Waals surface area contributed by atoms with Gasteiger partial charge in [0.05, 0.1) is 11.6 Å². The van der Waals surface area contributed by atoms with Crippen molar-refractivity contribution < 1.29 is 18.0 Å². The van der Waals surface area contributed by atoms with E-state index in [1.807, 2.05) is 13.8 Å². The van der Waals surface area contributed by atoms with Gasteiger partial charge in [0.15, 0.2) is 0 Å². The second-order valence-electron chi connectivity index (χ2n) is 6.51. The predicted molar refractivity (Wildman–Crippen MR) is 88.2 cm³/mol. The Morgan fingerprint density at radius 1 is 1.16 bits per heavy atom. The molecule has 3 nitrogen and oxygen atoms in total. The first kappa shape index (κ1) is 17.5. The lowest BCUT2D eigenvalue weighted by molar-refractivity contribution is -0.141. The fourth-order valence-electron chi connectivity index (χ4n) is 3.41. The summed E-state index contributed by atoms with van der Waals surface area (Å²) in [6.07, 6.45) is -1.76. The number of likely N-dealkylation sites (tertiary alicyclic amines) is 1. The fraction of sp³-hybridized carbons (Fsp3) is 0.368. The van der Waals surface area contributed by atoms with Crippen LogP contribution in [0.1, 0.15) is 51.6 Å². The maximum Gasteiger partial charge on any atom is 0.433 e. The first-order valence-corrected chi connectivity index (χ1v) is 8.18. The number of hydrogen-bond donors (Lipinski definition) is 0. The third-order valence-electron chi connectivity index (χ3n) is 4.44. The van der Waals surface area contributed by atoms with E-state index >= 15 is 0 Å². The largest absolute Gasteiger partial charge is 0.433 e. The lowest BCUT2D eigenvalue weighted by atomic mass is 9.99. The maximum atomic E-state index is 12.8. The smallest absolute Gasteiger partial charge is 0.332 e. The minimum atomic E-state index is -4.50. The van der Waals surface area contributed by atoms with E-state index in [-0.39, 0.29) is 17.5 Å². The summed E-state index contributed by atoms with van der Waals surface area (Å²) in [6, 6.07) is 8.21. The van der Waals surface area contributed by atoms with Crippen molar-refractivity contribution in [1.82, 2.24) is 9.88 Å². The van der Waals surface area contributed by atoms with Crippen LogP contribution in [0.4, 0.5) is 13.2 Å². The molecule has 1 unspecified atom stereocenters. The SMILES string of the molecule is Cc1cc(C)cc(C2CCCN2C(=O)c2ccc(C(F)(F)F)nc2)c1. The Labute approximate surface area is 144 Å². The highest BCUT2D eigenvalue weighted by Gasteiger charge is 2.34. The van der Waals surface area contributed by atoms with E-state index in [1.54, 1.807) is 4.90 Å². The van der Waals surface area contributed by atoms with E-state index < -0.39 is 11.9 Å². The molecule has 1 aliphatic heterocycles. The van der Waals surface area contributed by atoms with Crippen molar-refractivity contribution in [2.75, 3.05) is 6.54 Å². The molecule has 2 heterocycles. The first-order chi connectivity index (χ1) is 11.8. The van der Waals surface area contributed by atoms with Crippen LogP contribution in [-0.2, 0) is 6.18 Å². The van der Waals surface area contributed by atoms with E-state index in [2.05, 4.69) is 23.2 Å². The number of alkyl halides is 3. The molecule has 2 aromatic rings. The van der Waals surface area contributed by atoms with Crippen LogP contribution in [-0.4, -0.2) is 22.3 Å². The number of benzene rings is 1. The topological polar surface area (TPSA) is 33.2 Å². The number of pyridine rings is 1. The molecule has 0 spiro atoms. The Morgan fingerprint density at radius 2 is 1.84 bits per heavy atom. The van der Waals surface area contributed by atoms with Crippen molar-refractivity contribution in [3.8, 4) is 0 Å².